The molecule has 3 amide bonds. The van der Waals surface area contributed by atoms with E-state index in [2.05, 4.69) is 5.32 Å². The summed E-state index contributed by atoms with van der Waals surface area (Å²) >= 11 is 2.38. The van der Waals surface area contributed by atoms with Gasteiger partial charge in [-0.3, -0.25) is 19.3 Å². The van der Waals surface area contributed by atoms with Crippen LogP contribution in [0.3, 0.4) is 0 Å². The van der Waals surface area contributed by atoms with Gasteiger partial charge in [-0.25, -0.2) is 0 Å². The van der Waals surface area contributed by atoms with Gasteiger partial charge in [-0.05, 0) is 66.9 Å². The molecule has 1 aliphatic heterocycles. The predicted molar refractivity (Wildman–Crippen MR) is 117 cm³/mol. The van der Waals surface area contributed by atoms with E-state index in [0.29, 0.717) is 18.0 Å². The van der Waals surface area contributed by atoms with Gasteiger partial charge in [-0.2, -0.15) is 0 Å². The van der Waals surface area contributed by atoms with Crippen LogP contribution < -0.4 is 10.1 Å². The molecule has 1 saturated heterocycles. The Labute approximate surface area is 177 Å². The number of rotatable bonds is 7. The maximum atomic E-state index is 12.6. The molecule has 2 aromatic carbocycles. The molecular weight excluding hydrogens is 408 g/mol. The van der Waals surface area contributed by atoms with E-state index in [-0.39, 0.29) is 11.4 Å². The zero-order valence-electron chi connectivity index (χ0n) is 16.0. The zero-order valence-corrected chi connectivity index (χ0v) is 17.6. The molecule has 0 saturated carbocycles. The molecule has 0 radical (unpaired) electrons. The minimum Gasteiger partial charge on any atom is -0.494 e. The van der Waals surface area contributed by atoms with Crippen LogP contribution in [0.5, 0.6) is 5.75 Å². The number of thioether (sulfide) groups is 2. The standard InChI is InChI=1S/C21H20N2O4S2/c1-3-27-16-8-4-6-14(10-16)11-18-20(25)23(21(26)29-18)13-19(24)22-15-7-5-9-17(12-15)28-2/h4-12H,3,13H2,1-2H3,(H,22,24)/b18-11-. The summed E-state index contributed by atoms with van der Waals surface area (Å²) in [4.78, 5) is 39.5. The molecule has 0 aromatic heterocycles. The average molecular weight is 429 g/mol. The number of carbonyl (C=O) groups is 3. The number of anilines is 1. The van der Waals surface area contributed by atoms with Gasteiger partial charge in [0.1, 0.15) is 12.3 Å². The molecule has 1 fully saturated rings. The summed E-state index contributed by atoms with van der Waals surface area (Å²) in [6, 6.07) is 14.6. The van der Waals surface area contributed by atoms with E-state index in [1.807, 2.05) is 49.6 Å². The first-order valence-electron chi connectivity index (χ1n) is 8.92. The Balaban J connectivity index is 1.68. The Morgan fingerprint density at radius 1 is 1.21 bits per heavy atom. The van der Waals surface area contributed by atoms with Gasteiger partial charge >= 0.3 is 0 Å². The highest BCUT2D eigenvalue weighted by molar-refractivity contribution is 8.18. The molecule has 1 heterocycles. The third-order valence-electron chi connectivity index (χ3n) is 4.00. The lowest BCUT2D eigenvalue weighted by Crippen LogP contribution is -2.36. The fourth-order valence-electron chi connectivity index (χ4n) is 2.69. The van der Waals surface area contributed by atoms with Crippen LogP contribution in [-0.2, 0) is 9.59 Å². The van der Waals surface area contributed by atoms with E-state index < -0.39 is 17.1 Å². The highest BCUT2D eigenvalue weighted by Crippen LogP contribution is 2.32. The van der Waals surface area contributed by atoms with E-state index in [9.17, 15) is 14.4 Å². The first-order valence-corrected chi connectivity index (χ1v) is 11.0. The van der Waals surface area contributed by atoms with Crippen molar-refractivity contribution in [2.75, 3.05) is 24.7 Å². The number of benzene rings is 2. The number of nitrogens with zero attached hydrogens (tertiary/aromatic N) is 1. The molecule has 1 aliphatic rings. The van der Waals surface area contributed by atoms with E-state index in [1.165, 1.54) is 0 Å². The monoisotopic (exact) mass is 428 g/mol. The van der Waals surface area contributed by atoms with Gasteiger partial charge < -0.3 is 10.1 Å². The normalized spacial score (nSPS) is 15.1. The van der Waals surface area contributed by atoms with E-state index in [1.54, 1.807) is 30.0 Å². The van der Waals surface area contributed by atoms with Gasteiger partial charge in [-0.15, -0.1) is 11.8 Å². The maximum absolute atomic E-state index is 12.6. The number of ether oxygens (including phenoxy) is 1. The molecule has 8 heteroatoms. The molecule has 6 nitrogen and oxygen atoms in total. The molecule has 1 N–H and O–H groups in total. The fourth-order valence-corrected chi connectivity index (χ4v) is 3.99. The van der Waals surface area contributed by atoms with Crippen LogP contribution in [0.4, 0.5) is 10.5 Å². The lowest BCUT2D eigenvalue weighted by molar-refractivity contribution is -0.127. The topological polar surface area (TPSA) is 75.7 Å². The number of imide groups is 1. The summed E-state index contributed by atoms with van der Waals surface area (Å²) in [7, 11) is 0. The summed E-state index contributed by atoms with van der Waals surface area (Å²) in [6.45, 7) is 2.10. The second-order valence-electron chi connectivity index (χ2n) is 6.05. The molecule has 150 valence electrons. The largest absolute Gasteiger partial charge is 0.494 e. The van der Waals surface area contributed by atoms with Crippen molar-refractivity contribution in [1.29, 1.82) is 0 Å². The lowest BCUT2D eigenvalue weighted by Gasteiger charge is -2.12. The van der Waals surface area contributed by atoms with E-state index in [4.69, 9.17) is 4.74 Å². The van der Waals surface area contributed by atoms with Crippen LogP contribution in [0.25, 0.3) is 6.08 Å². The number of amides is 3. The molecule has 0 atom stereocenters. The second kappa shape index (κ2) is 9.67. The first kappa shape index (κ1) is 21.0. The molecule has 0 unspecified atom stereocenters. The van der Waals surface area contributed by atoms with Crippen molar-refractivity contribution in [2.24, 2.45) is 0 Å². The highest BCUT2D eigenvalue weighted by atomic mass is 32.2. The molecule has 2 aromatic rings. The number of nitrogens with one attached hydrogen (secondary N) is 1. The van der Waals surface area contributed by atoms with Crippen molar-refractivity contribution >= 4 is 52.3 Å². The minimum atomic E-state index is -0.477. The van der Waals surface area contributed by atoms with Gasteiger partial charge in [0.2, 0.25) is 5.91 Å². The quantitative estimate of drug-likeness (QED) is 0.518. The van der Waals surface area contributed by atoms with Crippen molar-refractivity contribution in [3.05, 3.63) is 59.0 Å². The van der Waals surface area contributed by atoms with Crippen molar-refractivity contribution in [1.82, 2.24) is 4.90 Å². The Kier molecular flexibility index (Phi) is 7.00. The van der Waals surface area contributed by atoms with E-state index in [0.717, 1.165) is 27.1 Å². The number of hydrogen-bond acceptors (Lipinski definition) is 6. The maximum Gasteiger partial charge on any atom is 0.294 e. The Hall–Kier alpha value is -2.71. The molecule has 0 bridgehead atoms. The van der Waals surface area contributed by atoms with Gasteiger partial charge in [0.25, 0.3) is 11.1 Å². The van der Waals surface area contributed by atoms with Crippen molar-refractivity contribution < 1.29 is 19.1 Å². The third-order valence-corrected chi connectivity index (χ3v) is 5.63. The lowest BCUT2D eigenvalue weighted by atomic mass is 10.2. The second-order valence-corrected chi connectivity index (χ2v) is 7.93. The summed E-state index contributed by atoms with van der Waals surface area (Å²) in [6.07, 6.45) is 3.57. The summed E-state index contributed by atoms with van der Waals surface area (Å²) in [5.41, 5.74) is 1.37. The van der Waals surface area contributed by atoms with Gasteiger partial charge in [0, 0.05) is 10.6 Å². The van der Waals surface area contributed by atoms with E-state index >= 15 is 0 Å². The number of carbonyl (C=O) groups excluding carboxylic acids is 3. The van der Waals surface area contributed by atoms with Crippen molar-refractivity contribution in [2.45, 2.75) is 11.8 Å². The van der Waals surface area contributed by atoms with Crippen LogP contribution in [-0.4, -0.2) is 41.4 Å². The SMILES string of the molecule is CCOc1cccc(/C=C2\SC(=O)N(CC(=O)Nc3cccc(SC)c3)C2=O)c1. The molecule has 29 heavy (non-hydrogen) atoms. The molecule has 3 rings (SSSR count). The minimum absolute atomic E-state index is 0.279. The molecule has 0 spiro atoms. The zero-order chi connectivity index (χ0) is 20.8. The van der Waals surface area contributed by atoms with Crippen LogP contribution in [0, 0.1) is 0 Å². The van der Waals surface area contributed by atoms with Crippen molar-refractivity contribution in [3.8, 4) is 5.75 Å². The first-order chi connectivity index (χ1) is 14.0. The summed E-state index contributed by atoms with van der Waals surface area (Å²) in [5.74, 6) is -0.215. The Bertz CT molecular complexity index is 975. The summed E-state index contributed by atoms with van der Waals surface area (Å²) in [5, 5.41) is 2.26. The third kappa shape index (κ3) is 5.42. The Morgan fingerprint density at radius 3 is 2.76 bits per heavy atom. The average Bonchev–Trinajstić information content (AvgIpc) is 2.96. The van der Waals surface area contributed by atoms with Crippen LogP contribution in [0.2, 0.25) is 0 Å². The van der Waals surface area contributed by atoms with Crippen molar-refractivity contribution in [3.63, 3.8) is 0 Å². The predicted octanol–water partition coefficient (Wildman–Crippen LogP) is 4.48. The van der Waals surface area contributed by atoms with Gasteiger partial charge in [0.15, 0.2) is 0 Å². The Morgan fingerprint density at radius 2 is 2.00 bits per heavy atom. The smallest absolute Gasteiger partial charge is 0.294 e. The fraction of sp³-hybridized carbons (Fsp3) is 0.190. The van der Waals surface area contributed by atoms with Gasteiger partial charge in [-0.1, -0.05) is 18.2 Å². The summed E-state index contributed by atoms with van der Waals surface area (Å²) < 4.78 is 5.45. The van der Waals surface area contributed by atoms with Crippen LogP contribution in [0.15, 0.2) is 58.3 Å². The molecule has 0 aliphatic carbocycles. The highest BCUT2D eigenvalue weighted by Gasteiger charge is 2.36. The number of hydrogen-bond donors (Lipinski definition) is 1. The van der Waals surface area contributed by atoms with Crippen LogP contribution >= 0.6 is 23.5 Å². The van der Waals surface area contributed by atoms with Gasteiger partial charge in [0.05, 0.1) is 11.5 Å². The molecular formula is C21H20N2O4S2. The van der Waals surface area contributed by atoms with Crippen LogP contribution in [0.1, 0.15) is 12.5 Å².